The van der Waals surface area contributed by atoms with Crippen LogP contribution in [0.2, 0.25) is 0 Å². The Morgan fingerprint density at radius 2 is 2.07 bits per heavy atom. The molecule has 0 bridgehead atoms. The lowest BCUT2D eigenvalue weighted by molar-refractivity contribution is 0.437. The lowest BCUT2D eigenvalue weighted by Gasteiger charge is -2.12. The first-order valence-electron chi connectivity index (χ1n) is 5.00. The van der Waals surface area contributed by atoms with Crippen molar-refractivity contribution in [1.29, 1.82) is 0 Å². The van der Waals surface area contributed by atoms with Crippen molar-refractivity contribution in [3.8, 4) is 0 Å². The van der Waals surface area contributed by atoms with Crippen LogP contribution in [-0.2, 0) is 0 Å². The summed E-state index contributed by atoms with van der Waals surface area (Å²) in [6, 6.07) is 0.307. The van der Waals surface area contributed by atoms with E-state index in [2.05, 4.69) is 43.0 Å². The Morgan fingerprint density at radius 3 is 2.60 bits per heavy atom. The van der Waals surface area contributed by atoms with Crippen LogP contribution >= 0.6 is 11.8 Å². The van der Waals surface area contributed by atoms with Gasteiger partial charge in [-0.1, -0.05) is 11.8 Å². The quantitative estimate of drug-likeness (QED) is 0.766. The van der Waals surface area contributed by atoms with Crippen molar-refractivity contribution < 1.29 is 0 Å². The smallest absolute Gasteiger partial charge is 0.222 e. The van der Waals surface area contributed by atoms with Crippen molar-refractivity contribution in [2.24, 2.45) is 0 Å². The third kappa shape index (κ3) is 3.39. The molecular weight excluding hydrogens is 210 g/mol. The van der Waals surface area contributed by atoms with Gasteiger partial charge in [-0.2, -0.15) is 0 Å². The zero-order chi connectivity index (χ0) is 11.4. The highest BCUT2D eigenvalue weighted by molar-refractivity contribution is 7.99. The van der Waals surface area contributed by atoms with E-state index in [-0.39, 0.29) is 0 Å². The molecule has 0 amide bonds. The van der Waals surface area contributed by atoms with Crippen LogP contribution in [-0.4, -0.2) is 46.1 Å². The van der Waals surface area contributed by atoms with Gasteiger partial charge in [-0.3, -0.25) is 4.57 Å². The lowest BCUT2D eigenvalue weighted by Crippen LogP contribution is -2.15. The van der Waals surface area contributed by atoms with Crippen LogP contribution in [0.1, 0.15) is 19.9 Å². The van der Waals surface area contributed by atoms with Crippen molar-refractivity contribution in [3.05, 3.63) is 0 Å². The van der Waals surface area contributed by atoms with Gasteiger partial charge in [0.05, 0.1) is 0 Å². The molecule has 0 spiro atoms. The van der Waals surface area contributed by atoms with E-state index in [9.17, 15) is 0 Å². The van der Waals surface area contributed by atoms with Gasteiger partial charge in [0.2, 0.25) is 5.95 Å². The fraction of sp³-hybridized carbons (Fsp3) is 0.778. The Morgan fingerprint density at radius 1 is 1.40 bits per heavy atom. The fourth-order valence-electron chi connectivity index (χ4n) is 1.19. The standard InChI is InChI=1S/C9H19N5S/c1-7(2)14-8(10)11-12-9(14)15-6-5-13(3)4/h7H,5-6H2,1-4H3,(H2,10,11). The molecular formula is C9H19N5S. The number of hydrogen-bond donors (Lipinski definition) is 1. The van der Waals surface area contributed by atoms with E-state index in [1.807, 2.05) is 4.57 Å². The molecule has 0 aliphatic heterocycles. The zero-order valence-electron chi connectivity index (χ0n) is 9.77. The third-order valence-corrected chi connectivity index (χ3v) is 2.90. The number of rotatable bonds is 5. The maximum Gasteiger partial charge on any atom is 0.222 e. The molecule has 0 atom stereocenters. The monoisotopic (exact) mass is 229 g/mol. The molecule has 1 rings (SSSR count). The summed E-state index contributed by atoms with van der Waals surface area (Å²) in [5.74, 6) is 1.50. The number of hydrogen-bond acceptors (Lipinski definition) is 5. The number of aromatic nitrogens is 3. The lowest BCUT2D eigenvalue weighted by atomic mass is 10.4. The molecule has 0 aromatic carbocycles. The average molecular weight is 229 g/mol. The maximum absolute atomic E-state index is 5.74. The van der Waals surface area contributed by atoms with Gasteiger partial charge in [-0.05, 0) is 27.9 Å². The highest BCUT2D eigenvalue weighted by atomic mass is 32.2. The van der Waals surface area contributed by atoms with Crippen molar-refractivity contribution in [3.63, 3.8) is 0 Å². The molecule has 0 saturated heterocycles. The van der Waals surface area contributed by atoms with Crippen molar-refractivity contribution >= 4 is 17.7 Å². The first kappa shape index (κ1) is 12.3. The van der Waals surface area contributed by atoms with E-state index in [0.29, 0.717) is 12.0 Å². The van der Waals surface area contributed by atoms with Gasteiger partial charge >= 0.3 is 0 Å². The van der Waals surface area contributed by atoms with Crippen LogP contribution in [0.5, 0.6) is 0 Å². The second-order valence-corrected chi connectivity index (χ2v) is 5.02. The molecule has 15 heavy (non-hydrogen) atoms. The Balaban J connectivity index is 2.61. The molecule has 86 valence electrons. The van der Waals surface area contributed by atoms with E-state index in [4.69, 9.17) is 5.73 Å². The molecule has 1 aromatic rings. The Bertz CT molecular complexity index is 307. The van der Waals surface area contributed by atoms with Crippen molar-refractivity contribution in [2.45, 2.75) is 25.0 Å². The molecule has 1 heterocycles. The summed E-state index contributed by atoms with van der Waals surface area (Å²) in [6.07, 6.45) is 0. The number of nitrogen functional groups attached to an aromatic ring is 1. The number of anilines is 1. The SMILES string of the molecule is CC(C)n1c(N)nnc1SCCN(C)C. The van der Waals surface area contributed by atoms with Gasteiger partial charge in [-0.25, -0.2) is 0 Å². The molecule has 1 aromatic heterocycles. The Kier molecular flexibility index (Phi) is 4.41. The summed E-state index contributed by atoms with van der Waals surface area (Å²) in [6.45, 7) is 5.18. The minimum atomic E-state index is 0.307. The van der Waals surface area contributed by atoms with Crippen molar-refractivity contribution in [2.75, 3.05) is 32.1 Å². The molecule has 5 nitrogen and oxygen atoms in total. The predicted molar refractivity (Wildman–Crippen MR) is 64.1 cm³/mol. The van der Waals surface area contributed by atoms with E-state index in [1.165, 1.54) is 0 Å². The van der Waals surface area contributed by atoms with Crippen LogP contribution < -0.4 is 5.73 Å². The van der Waals surface area contributed by atoms with Crippen LogP contribution in [0.4, 0.5) is 5.95 Å². The molecule has 0 unspecified atom stereocenters. The average Bonchev–Trinajstić information content (AvgIpc) is 2.46. The molecule has 0 saturated carbocycles. The summed E-state index contributed by atoms with van der Waals surface area (Å²) in [5, 5.41) is 8.86. The zero-order valence-corrected chi connectivity index (χ0v) is 10.6. The van der Waals surface area contributed by atoms with E-state index in [1.54, 1.807) is 11.8 Å². The number of thioether (sulfide) groups is 1. The normalized spacial score (nSPS) is 11.6. The molecule has 0 fully saturated rings. The number of nitrogens with zero attached hydrogens (tertiary/aromatic N) is 4. The summed E-state index contributed by atoms with van der Waals surface area (Å²) < 4.78 is 1.96. The predicted octanol–water partition coefficient (Wildman–Crippen LogP) is 1.09. The first-order valence-corrected chi connectivity index (χ1v) is 5.99. The summed E-state index contributed by atoms with van der Waals surface area (Å²) in [5.41, 5.74) is 5.74. The highest BCUT2D eigenvalue weighted by Gasteiger charge is 2.12. The fourth-order valence-corrected chi connectivity index (χ4v) is 2.37. The second-order valence-electron chi connectivity index (χ2n) is 3.96. The summed E-state index contributed by atoms with van der Waals surface area (Å²) >= 11 is 1.69. The van der Waals surface area contributed by atoms with Gasteiger partial charge in [0, 0.05) is 18.3 Å². The third-order valence-electron chi connectivity index (χ3n) is 1.98. The second kappa shape index (κ2) is 5.37. The molecule has 2 N–H and O–H groups in total. The first-order chi connectivity index (χ1) is 7.02. The Hall–Kier alpha value is -0.750. The molecule has 0 aliphatic rings. The minimum Gasteiger partial charge on any atom is -0.368 e. The maximum atomic E-state index is 5.74. The largest absolute Gasteiger partial charge is 0.368 e. The van der Waals surface area contributed by atoms with Crippen molar-refractivity contribution in [1.82, 2.24) is 19.7 Å². The van der Waals surface area contributed by atoms with Gasteiger partial charge in [-0.15, -0.1) is 10.2 Å². The Labute approximate surface area is 95.0 Å². The minimum absolute atomic E-state index is 0.307. The topological polar surface area (TPSA) is 60.0 Å². The number of nitrogens with two attached hydrogens (primary N) is 1. The van der Waals surface area contributed by atoms with Crippen LogP contribution in [0.3, 0.4) is 0 Å². The molecule has 0 aliphatic carbocycles. The van der Waals surface area contributed by atoms with E-state index < -0.39 is 0 Å². The van der Waals surface area contributed by atoms with Crippen LogP contribution in [0.25, 0.3) is 0 Å². The van der Waals surface area contributed by atoms with E-state index in [0.717, 1.165) is 17.5 Å². The highest BCUT2D eigenvalue weighted by Crippen LogP contribution is 2.22. The molecule has 6 heteroatoms. The van der Waals surface area contributed by atoms with E-state index >= 15 is 0 Å². The van der Waals surface area contributed by atoms with Gasteiger partial charge in [0.1, 0.15) is 0 Å². The van der Waals surface area contributed by atoms with Gasteiger partial charge in [0.15, 0.2) is 5.16 Å². The summed E-state index contributed by atoms with van der Waals surface area (Å²) in [7, 11) is 4.12. The van der Waals surface area contributed by atoms with Crippen LogP contribution in [0.15, 0.2) is 5.16 Å². The summed E-state index contributed by atoms with van der Waals surface area (Å²) in [4.78, 5) is 2.15. The molecule has 0 radical (unpaired) electrons. The van der Waals surface area contributed by atoms with Crippen LogP contribution in [0, 0.1) is 0 Å². The van der Waals surface area contributed by atoms with Gasteiger partial charge in [0.25, 0.3) is 0 Å². The van der Waals surface area contributed by atoms with Gasteiger partial charge < -0.3 is 10.6 Å².